The second kappa shape index (κ2) is 11.3. The van der Waals surface area contributed by atoms with Crippen molar-refractivity contribution in [2.45, 2.75) is 59.0 Å². The number of aryl methyl sites for hydroxylation is 1. The summed E-state index contributed by atoms with van der Waals surface area (Å²) in [7, 11) is 5.64. The number of aliphatic hydroxyl groups excluding tert-OH is 1. The Balaban J connectivity index is 2.07. The van der Waals surface area contributed by atoms with Gasteiger partial charge in [0.25, 0.3) is 0 Å². The smallest absolute Gasteiger partial charge is 0.161 e. The van der Waals surface area contributed by atoms with Gasteiger partial charge in [0, 0.05) is 44.6 Å². The Morgan fingerprint density at radius 3 is 2.40 bits per heavy atom. The molecule has 0 amide bonds. The Kier molecular flexibility index (Phi) is 9.14. The van der Waals surface area contributed by atoms with Crippen molar-refractivity contribution in [3.8, 4) is 11.5 Å². The molecule has 0 spiro atoms. The van der Waals surface area contributed by atoms with Crippen LogP contribution >= 0.6 is 0 Å². The van der Waals surface area contributed by atoms with Gasteiger partial charge in [-0.2, -0.15) is 0 Å². The van der Waals surface area contributed by atoms with Crippen molar-refractivity contribution in [1.29, 1.82) is 0 Å². The molecule has 1 N–H and O–H groups in total. The van der Waals surface area contributed by atoms with E-state index in [9.17, 15) is 5.11 Å². The zero-order valence-corrected chi connectivity index (χ0v) is 19.5. The minimum absolute atomic E-state index is 0.220. The normalized spacial score (nSPS) is 12.9. The molecule has 0 radical (unpaired) electrons. The van der Waals surface area contributed by atoms with Crippen molar-refractivity contribution >= 4 is 0 Å². The first-order chi connectivity index (χ1) is 14.2. The Morgan fingerprint density at radius 1 is 1.10 bits per heavy atom. The summed E-state index contributed by atoms with van der Waals surface area (Å²) in [6, 6.07) is 6.73. The van der Waals surface area contributed by atoms with Crippen molar-refractivity contribution in [2.75, 3.05) is 27.3 Å². The number of ether oxygens (including phenoxy) is 2. The molecule has 0 saturated heterocycles. The molecule has 7 heteroatoms. The lowest BCUT2D eigenvalue weighted by molar-refractivity contribution is 0.0667. The summed E-state index contributed by atoms with van der Waals surface area (Å²) in [4.78, 5) is 8.91. The van der Waals surface area contributed by atoms with Gasteiger partial charge in [-0.25, -0.2) is 4.98 Å². The Bertz CT molecular complexity index is 776. The van der Waals surface area contributed by atoms with E-state index in [1.165, 1.54) is 0 Å². The lowest BCUT2D eigenvalue weighted by Crippen LogP contribution is -2.37. The van der Waals surface area contributed by atoms with Crippen LogP contribution in [0.2, 0.25) is 0 Å². The topological polar surface area (TPSA) is 63.0 Å². The number of hydrogen-bond acceptors (Lipinski definition) is 6. The van der Waals surface area contributed by atoms with E-state index in [1.807, 2.05) is 43.2 Å². The lowest BCUT2D eigenvalue weighted by atomic mass is 10.1. The standard InChI is InChI=1S/C23H38N4O3/c1-17(2)26(6)14-20(28)16-30-22-12-19(8-9-21(22)29-7)13-27(18(3)4)15-23-24-10-11-25(23)5/h8-12,17-18,20,28H,13-16H2,1-7H3. The molecule has 0 aliphatic carbocycles. The van der Waals surface area contributed by atoms with Gasteiger partial charge >= 0.3 is 0 Å². The van der Waals surface area contributed by atoms with Crippen molar-refractivity contribution < 1.29 is 14.6 Å². The second-order valence-electron chi connectivity index (χ2n) is 8.44. The minimum Gasteiger partial charge on any atom is -0.493 e. The predicted molar refractivity (Wildman–Crippen MR) is 120 cm³/mol. The quantitative estimate of drug-likeness (QED) is 0.572. The minimum atomic E-state index is -0.568. The molecule has 1 heterocycles. The summed E-state index contributed by atoms with van der Waals surface area (Å²) in [5.74, 6) is 2.36. The third-order valence-electron chi connectivity index (χ3n) is 5.42. The van der Waals surface area contributed by atoms with Gasteiger partial charge < -0.3 is 24.0 Å². The summed E-state index contributed by atoms with van der Waals surface area (Å²) in [5, 5.41) is 10.3. The van der Waals surface area contributed by atoms with E-state index in [-0.39, 0.29) is 6.61 Å². The summed E-state index contributed by atoms with van der Waals surface area (Å²) in [5.41, 5.74) is 1.13. The molecule has 0 bridgehead atoms. The maximum Gasteiger partial charge on any atom is 0.161 e. The fourth-order valence-corrected chi connectivity index (χ4v) is 3.10. The maximum atomic E-state index is 10.3. The van der Waals surface area contributed by atoms with Crippen LogP contribution < -0.4 is 9.47 Å². The van der Waals surface area contributed by atoms with Crippen molar-refractivity contribution in [1.82, 2.24) is 19.4 Å². The van der Waals surface area contributed by atoms with Gasteiger partial charge in [0.15, 0.2) is 11.5 Å². The van der Waals surface area contributed by atoms with Crippen LogP contribution in [0.25, 0.3) is 0 Å². The zero-order valence-electron chi connectivity index (χ0n) is 19.5. The van der Waals surface area contributed by atoms with Crippen LogP contribution in [0.3, 0.4) is 0 Å². The van der Waals surface area contributed by atoms with Crippen molar-refractivity contribution in [2.24, 2.45) is 7.05 Å². The van der Waals surface area contributed by atoms with Gasteiger partial charge in [0.1, 0.15) is 18.5 Å². The first kappa shape index (κ1) is 24.2. The van der Waals surface area contributed by atoms with Crippen molar-refractivity contribution in [3.63, 3.8) is 0 Å². The number of aliphatic hydroxyl groups is 1. The summed E-state index contributed by atoms with van der Waals surface area (Å²) in [6.45, 7) is 10.9. The average molecular weight is 419 g/mol. The number of rotatable bonds is 12. The highest BCUT2D eigenvalue weighted by molar-refractivity contribution is 5.43. The maximum absolute atomic E-state index is 10.3. The Hall–Kier alpha value is -2.09. The molecule has 1 aromatic carbocycles. The monoisotopic (exact) mass is 418 g/mol. The first-order valence-corrected chi connectivity index (χ1v) is 10.6. The molecule has 30 heavy (non-hydrogen) atoms. The lowest BCUT2D eigenvalue weighted by Gasteiger charge is -2.27. The van der Waals surface area contributed by atoms with Gasteiger partial charge in [-0.3, -0.25) is 4.90 Å². The highest BCUT2D eigenvalue weighted by Gasteiger charge is 2.16. The van der Waals surface area contributed by atoms with Crippen LogP contribution in [0.15, 0.2) is 30.6 Å². The van der Waals surface area contributed by atoms with Crippen LogP contribution in [-0.2, 0) is 20.1 Å². The van der Waals surface area contributed by atoms with E-state index in [4.69, 9.17) is 9.47 Å². The SMILES string of the molecule is COc1ccc(CN(Cc2nccn2C)C(C)C)cc1OCC(O)CN(C)C(C)C. The number of aromatic nitrogens is 2. The first-order valence-electron chi connectivity index (χ1n) is 10.6. The largest absolute Gasteiger partial charge is 0.493 e. The number of nitrogens with zero attached hydrogens (tertiary/aromatic N) is 4. The van der Waals surface area contributed by atoms with E-state index >= 15 is 0 Å². The van der Waals surface area contributed by atoms with Crippen LogP contribution in [0, 0.1) is 0 Å². The fourth-order valence-electron chi connectivity index (χ4n) is 3.10. The molecule has 0 aliphatic rings. The molecule has 0 fully saturated rings. The Morgan fingerprint density at radius 2 is 1.83 bits per heavy atom. The molecule has 168 valence electrons. The van der Waals surface area contributed by atoms with Crippen LogP contribution in [-0.4, -0.2) is 70.0 Å². The Labute approximate surface area is 181 Å². The van der Waals surface area contributed by atoms with E-state index in [2.05, 4.69) is 48.5 Å². The second-order valence-corrected chi connectivity index (χ2v) is 8.44. The molecule has 2 rings (SSSR count). The number of benzene rings is 1. The molecule has 7 nitrogen and oxygen atoms in total. The van der Waals surface area contributed by atoms with E-state index in [0.717, 1.165) is 24.5 Å². The van der Waals surface area contributed by atoms with E-state index in [1.54, 1.807) is 7.11 Å². The van der Waals surface area contributed by atoms with Crippen molar-refractivity contribution in [3.05, 3.63) is 42.0 Å². The van der Waals surface area contributed by atoms with Gasteiger partial charge in [-0.15, -0.1) is 0 Å². The third kappa shape index (κ3) is 7.00. The molecule has 0 saturated carbocycles. The molecular weight excluding hydrogens is 380 g/mol. The van der Waals surface area contributed by atoms with E-state index < -0.39 is 6.10 Å². The molecular formula is C23H38N4O3. The number of methoxy groups -OCH3 is 1. The van der Waals surface area contributed by atoms with E-state index in [0.29, 0.717) is 30.1 Å². The van der Waals surface area contributed by atoms with Crippen LogP contribution in [0.1, 0.15) is 39.1 Å². The molecule has 1 unspecified atom stereocenters. The number of hydrogen-bond donors (Lipinski definition) is 1. The third-order valence-corrected chi connectivity index (χ3v) is 5.42. The van der Waals surface area contributed by atoms with Gasteiger partial charge in [-0.05, 0) is 52.4 Å². The average Bonchev–Trinajstić information content (AvgIpc) is 3.10. The van der Waals surface area contributed by atoms with Gasteiger partial charge in [0.2, 0.25) is 0 Å². The van der Waals surface area contributed by atoms with Gasteiger partial charge in [-0.1, -0.05) is 6.07 Å². The highest BCUT2D eigenvalue weighted by Crippen LogP contribution is 2.29. The van der Waals surface area contributed by atoms with Gasteiger partial charge in [0.05, 0.1) is 13.7 Å². The molecule has 0 aliphatic heterocycles. The zero-order chi connectivity index (χ0) is 22.3. The molecule has 1 atom stereocenters. The van der Waals surface area contributed by atoms with Crippen LogP contribution in [0.5, 0.6) is 11.5 Å². The number of likely N-dealkylation sites (N-methyl/N-ethyl adjacent to an activating group) is 1. The fraction of sp³-hybridized carbons (Fsp3) is 0.609. The summed E-state index contributed by atoms with van der Waals surface area (Å²) < 4.78 is 13.5. The predicted octanol–water partition coefficient (Wildman–Crippen LogP) is 2.92. The number of imidazole rings is 1. The molecule has 2 aromatic rings. The van der Waals surface area contributed by atoms with Crippen LogP contribution in [0.4, 0.5) is 0 Å². The highest BCUT2D eigenvalue weighted by atomic mass is 16.5. The molecule has 1 aromatic heterocycles. The summed E-state index contributed by atoms with van der Waals surface area (Å²) >= 11 is 0. The summed E-state index contributed by atoms with van der Waals surface area (Å²) in [6.07, 6.45) is 3.23.